The molecule has 46 heavy (non-hydrogen) atoms. The first kappa shape index (κ1) is 36.4. The maximum Gasteiger partial charge on any atom is 0.416 e. The van der Waals surface area contributed by atoms with Gasteiger partial charge < -0.3 is 15.2 Å². The highest BCUT2D eigenvalue weighted by Crippen LogP contribution is 2.34. The molecule has 2 N–H and O–H groups in total. The number of carbonyl (C=O) groups excluding carboxylic acids is 2. The van der Waals surface area contributed by atoms with Crippen LogP contribution in [0.5, 0.6) is 0 Å². The van der Waals surface area contributed by atoms with Gasteiger partial charge in [-0.1, -0.05) is 36.4 Å². The summed E-state index contributed by atoms with van der Waals surface area (Å²) in [5.74, 6) is -0.692. The smallest absolute Gasteiger partial charge is 0.416 e. The van der Waals surface area contributed by atoms with E-state index in [-0.39, 0.29) is 24.8 Å². The van der Waals surface area contributed by atoms with Gasteiger partial charge in [-0.3, -0.25) is 9.59 Å². The lowest BCUT2D eigenvalue weighted by molar-refractivity contribution is -0.143. The molecule has 0 aliphatic rings. The van der Waals surface area contributed by atoms with Crippen LogP contribution in [0.3, 0.4) is 0 Å². The van der Waals surface area contributed by atoms with E-state index in [0.717, 1.165) is 39.0 Å². The van der Waals surface area contributed by atoms with Crippen LogP contribution in [0.25, 0.3) is 22.3 Å². The van der Waals surface area contributed by atoms with Crippen molar-refractivity contribution in [3.05, 3.63) is 111 Å². The van der Waals surface area contributed by atoms with E-state index in [1.807, 2.05) is 12.1 Å². The Kier molecular flexibility index (Phi) is 12.6. The summed E-state index contributed by atoms with van der Waals surface area (Å²) in [6, 6.07) is 20.2. The molecular formula is C34H30F6INO4. The van der Waals surface area contributed by atoms with E-state index in [2.05, 4.69) is 22.6 Å². The zero-order chi connectivity index (χ0) is 34.1. The van der Waals surface area contributed by atoms with Crippen LogP contribution in [-0.2, 0) is 44.3 Å². The number of anilines is 1. The first-order chi connectivity index (χ1) is 21.6. The van der Waals surface area contributed by atoms with Gasteiger partial charge in [0.15, 0.2) is 0 Å². The van der Waals surface area contributed by atoms with E-state index < -0.39 is 23.5 Å². The van der Waals surface area contributed by atoms with Gasteiger partial charge in [-0.15, -0.1) is 0 Å². The van der Waals surface area contributed by atoms with E-state index in [4.69, 9.17) is 15.2 Å². The van der Waals surface area contributed by atoms with Gasteiger partial charge in [-0.2, -0.15) is 26.3 Å². The Morgan fingerprint density at radius 2 is 1.02 bits per heavy atom. The van der Waals surface area contributed by atoms with E-state index in [9.17, 15) is 35.9 Å². The topological polar surface area (TPSA) is 78.6 Å². The molecule has 0 spiro atoms. The number of nitrogens with two attached hydrogens (primary N) is 1. The van der Waals surface area contributed by atoms with Crippen LogP contribution in [0.1, 0.15) is 36.1 Å². The number of ether oxygens (including phenoxy) is 2. The molecule has 0 fully saturated rings. The van der Waals surface area contributed by atoms with Gasteiger partial charge in [0.25, 0.3) is 0 Å². The maximum absolute atomic E-state index is 12.6. The molecule has 0 aromatic heterocycles. The fourth-order valence-electron chi connectivity index (χ4n) is 4.30. The molecule has 0 unspecified atom stereocenters. The summed E-state index contributed by atoms with van der Waals surface area (Å²) in [5, 5.41) is 0. The minimum Gasteiger partial charge on any atom is -0.466 e. The van der Waals surface area contributed by atoms with Crippen LogP contribution in [0.2, 0.25) is 0 Å². The van der Waals surface area contributed by atoms with Gasteiger partial charge in [-0.05, 0) is 113 Å². The monoisotopic (exact) mass is 757 g/mol. The first-order valence-electron chi connectivity index (χ1n) is 14.0. The van der Waals surface area contributed by atoms with Crippen molar-refractivity contribution >= 4 is 40.2 Å². The fourth-order valence-corrected chi connectivity index (χ4v) is 4.95. The Balaban J connectivity index is 0.000000250. The van der Waals surface area contributed by atoms with Crippen LogP contribution in [0, 0.1) is 3.57 Å². The number of carbonyl (C=O) groups is 2. The number of nitrogen functional groups attached to an aromatic ring is 1. The number of hydrogen-bond acceptors (Lipinski definition) is 5. The van der Waals surface area contributed by atoms with Crippen LogP contribution < -0.4 is 5.73 Å². The van der Waals surface area contributed by atoms with Gasteiger partial charge in [0.05, 0.1) is 37.2 Å². The number of hydrogen-bond donors (Lipinski definition) is 1. The number of rotatable bonds is 8. The Bertz CT molecular complexity index is 1510. The Labute approximate surface area is 275 Å². The lowest BCUT2D eigenvalue weighted by atomic mass is 9.99. The lowest BCUT2D eigenvalue weighted by Gasteiger charge is -2.11. The molecule has 4 rings (SSSR count). The zero-order valence-corrected chi connectivity index (χ0v) is 26.9. The summed E-state index contributed by atoms with van der Waals surface area (Å²) < 4.78 is 86.4. The van der Waals surface area contributed by atoms with E-state index in [1.54, 1.807) is 38.1 Å². The molecule has 0 aliphatic carbocycles. The lowest BCUT2D eigenvalue weighted by Crippen LogP contribution is -2.08. The summed E-state index contributed by atoms with van der Waals surface area (Å²) in [6.45, 7) is 4.06. The Hall–Kier alpha value is -4.07. The molecule has 0 saturated heterocycles. The van der Waals surface area contributed by atoms with Gasteiger partial charge in [0, 0.05) is 14.8 Å². The number of benzene rings is 4. The predicted molar refractivity (Wildman–Crippen MR) is 172 cm³/mol. The van der Waals surface area contributed by atoms with Crippen molar-refractivity contribution in [1.82, 2.24) is 0 Å². The third-order valence-electron chi connectivity index (χ3n) is 6.50. The maximum atomic E-state index is 12.6. The number of alkyl halides is 6. The molecule has 0 heterocycles. The van der Waals surface area contributed by atoms with Crippen molar-refractivity contribution in [3.63, 3.8) is 0 Å². The molecule has 0 atom stereocenters. The predicted octanol–water partition coefficient (Wildman–Crippen LogP) is 9.14. The Morgan fingerprint density at radius 3 is 1.43 bits per heavy atom. The van der Waals surface area contributed by atoms with Crippen molar-refractivity contribution in [2.75, 3.05) is 18.9 Å². The van der Waals surface area contributed by atoms with Crippen LogP contribution in [0.15, 0.2) is 84.9 Å². The van der Waals surface area contributed by atoms with E-state index in [1.165, 1.54) is 24.3 Å². The molecular weight excluding hydrogens is 727 g/mol. The molecule has 0 saturated carbocycles. The quantitative estimate of drug-likeness (QED) is 0.0840. The average molecular weight is 758 g/mol. The SMILES string of the molecule is CCOC(=O)Cc1ccc(I)c(-c2ccc(C(F)(F)F)cc2)c1.CCOC(=O)Cc1ccc(N)c(-c2ccc(C(F)(F)F)cc2)c1. The third kappa shape index (κ3) is 10.5. The standard InChI is InChI=1S/C17H14F3IO2.C17H16F3NO2/c2*1-2-23-16(22)10-11-3-8-15(21)14(9-11)12-4-6-13(7-5-12)17(18,19)20/h3-9H,2,10H2,1H3;3-9H,2,10,21H2,1H3. The first-order valence-corrected chi connectivity index (χ1v) is 15.0. The number of halogens is 7. The average Bonchev–Trinajstić information content (AvgIpc) is 2.99. The second-order valence-corrected chi connectivity index (χ2v) is 11.0. The minimum absolute atomic E-state index is 0.0851. The molecule has 4 aromatic rings. The third-order valence-corrected chi connectivity index (χ3v) is 7.44. The summed E-state index contributed by atoms with van der Waals surface area (Å²) in [5.41, 5.74) is 8.98. The number of esters is 2. The molecule has 244 valence electrons. The highest BCUT2D eigenvalue weighted by atomic mass is 127. The molecule has 0 bridgehead atoms. The summed E-state index contributed by atoms with van der Waals surface area (Å²) >= 11 is 2.12. The zero-order valence-electron chi connectivity index (χ0n) is 24.8. The summed E-state index contributed by atoms with van der Waals surface area (Å²) in [6.07, 6.45) is -8.51. The van der Waals surface area contributed by atoms with Crippen molar-refractivity contribution in [2.24, 2.45) is 0 Å². The van der Waals surface area contributed by atoms with Gasteiger partial charge in [0.2, 0.25) is 0 Å². The highest BCUT2D eigenvalue weighted by Gasteiger charge is 2.31. The second-order valence-electron chi connectivity index (χ2n) is 9.85. The van der Waals surface area contributed by atoms with E-state index in [0.29, 0.717) is 41.2 Å². The highest BCUT2D eigenvalue weighted by molar-refractivity contribution is 14.1. The largest absolute Gasteiger partial charge is 0.466 e. The van der Waals surface area contributed by atoms with Crippen LogP contribution >= 0.6 is 22.6 Å². The van der Waals surface area contributed by atoms with E-state index >= 15 is 0 Å². The van der Waals surface area contributed by atoms with Crippen molar-refractivity contribution in [3.8, 4) is 22.3 Å². The van der Waals surface area contributed by atoms with Gasteiger partial charge >= 0.3 is 24.3 Å². The van der Waals surface area contributed by atoms with Crippen LogP contribution in [0.4, 0.5) is 32.0 Å². The molecule has 0 amide bonds. The Morgan fingerprint density at radius 1 is 0.630 bits per heavy atom. The van der Waals surface area contributed by atoms with Crippen LogP contribution in [-0.4, -0.2) is 25.2 Å². The second kappa shape index (κ2) is 16.0. The molecule has 12 heteroatoms. The molecule has 0 radical (unpaired) electrons. The fraction of sp³-hybridized carbons (Fsp3) is 0.235. The van der Waals surface area contributed by atoms with Crippen molar-refractivity contribution in [2.45, 2.75) is 39.0 Å². The molecule has 4 aromatic carbocycles. The van der Waals surface area contributed by atoms with Crippen molar-refractivity contribution < 1.29 is 45.4 Å². The normalized spacial score (nSPS) is 11.3. The molecule has 5 nitrogen and oxygen atoms in total. The van der Waals surface area contributed by atoms with Crippen molar-refractivity contribution in [1.29, 1.82) is 0 Å². The molecule has 0 aliphatic heterocycles. The van der Waals surface area contributed by atoms with Gasteiger partial charge in [-0.25, -0.2) is 0 Å². The summed E-state index contributed by atoms with van der Waals surface area (Å²) in [7, 11) is 0. The van der Waals surface area contributed by atoms with Gasteiger partial charge in [0.1, 0.15) is 0 Å². The summed E-state index contributed by atoms with van der Waals surface area (Å²) in [4.78, 5) is 23.1. The minimum atomic E-state index is -4.38.